The van der Waals surface area contributed by atoms with Crippen LogP contribution < -0.4 is 0 Å². The molecular formula is C13H16O5. The molecule has 2 atom stereocenters. The van der Waals surface area contributed by atoms with E-state index in [-0.39, 0.29) is 6.61 Å². The zero-order valence-corrected chi connectivity index (χ0v) is 10.2. The van der Waals surface area contributed by atoms with Crippen molar-refractivity contribution < 1.29 is 23.7 Å². The van der Waals surface area contributed by atoms with Gasteiger partial charge in [-0.1, -0.05) is 30.3 Å². The van der Waals surface area contributed by atoms with Crippen molar-refractivity contribution >= 4 is 5.97 Å². The molecule has 5 heteroatoms. The molecule has 1 aromatic rings. The second-order valence-corrected chi connectivity index (χ2v) is 3.91. The standard InChI is InChI=1S/C13H16O5/c1-15-13(14)11-8-17-12(18-11)9-16-7-10-5-3-2-4-6-10/h2-6,11-12H,7-9H2,1H3/t11-,12?/m0/s1. The normalized spacial score (nSPS) is 22.9. The second kappa shape index (κ2) is 6.49. The smallest absolute Gasteiger partial charge is 0.337 e. The Morgan fingerprint density at radius 1 is 1.39 bits per heavy atom. The Bertz CT molecular complexity index is 378. The summed E-state index contributed by atoms with van der Waals surface area (Å²) in [5, 5.41) is 0. The van der Waals surface area contributed by atoms with Gasteiger partial charge < -0.3 is 18.9 Å². The first kappa shape index (κ1) is 13.0. The van der Waals surface area contributed by atoms with Crippen molar-refractivity contribution in [3.63, 3.8) is 0 Å². The summed E-state index contributed by atoms with van der Waals surface area (Å²) >= 11 is 0. The number of rotatable bonds is 5. The summed E-state index contributed by atoms with van der Waals surface area (Å²) < 4.78 is 20.6. The van der Waals surface area contributed by atoms with E-state index in [2.05, 4.69) is 4.74 Å². The summed E-state index contributed by atoms with van der Waals surface area (Å²) in [6, 6.07) is 9.82. The number of hydrogen-bond donors (Lipinski definition) is 0. The Balaban J connectivity index is 1.68. The fraction of sp³-hybridized carbons (Fsp3) is 0.462. The summed E-state index contributed by atoms with van der Waals surface area (Å²) in [6.45, 7) is 1.00. The van der Waals surface area contributed by atoms with Crippen LogP contribution in [0.3, 0.4) is 0 Å². The second-order valence-electron chi connectivity index (χ2n) is 3.91. The molecular weight excluding hydrogens is 236 g/mol. The Morgan fingerprint density at radius 2 is 2.17 bits per heavy atom. The Labute approximate surface area is 106 Å². The number of carbonyl (C=O) groups excluding carboxylic acids is 1. The van der Waals surface area contributed by atoms with Crippen LogP contribution in [-0.4, -0.2) is 38.7 Å². The van der Waals surface area contributed by atoms with Gasteiger partial charge in [0.05, 0.1) is 26.9 Å². The first-order chi connectivity index (χ1) is 8.79. The number of esters is 1. The van der Waals surface area contributed by atoms with E-state index >= 15 is 0 Å². The predicted octanol–water partition coefficient (Wildman–Crippen LogP) is 1.12. The molecule has 0 aliphatic carbocycles. The lowest BCUT2D eigenvalue weighted by Crippen LogP contribution is -2.25. The van der Waals surface area contributed by atoms with Crippen molar-refractivity contribution in [3.05, 3.63) is 35.9 Å². The molecule has 1 aliphatic rings. The Morgan fingerprint density at radius 3 is 2.89 bits per heavy atom. The molecule has 0 radical (unpaired) electrons. The van der Waals surface area contributed by atoms with E-state index in [4.69, 9.17) is 14.2 Å². The van der Waals surface area contributed by atoms with Gasteiger partial charge >= 0.3 is 5.97 Å². The van der Waals surface area contributed by atoms with Crippen LogP contribution in [0.25, 0.3) is 0 Å². The maximum Gasteiger partial charge on any atom is 0.337 e. The van der Waals surface area contributed by atoms with Gasteiger partial charge in [-0.25, -0.2) is 4.79 Å². The molecule has 1 saturated heterocycles. The summed E-state index contributed by atoms with van der Waals surface area (Å²) in [5.41, 5.74) is 1.08. The Hall–Kier alpha value is -1.43. The molecule has 0 aromatic heterocycles. The molecule has 0 bridgehead atoms. The summed E-state index contributed by atoms with van der Waals surface area (Å²) in [5.74, 6) is -0.416. The van der Waals surface area contributed by atoms with E-state index in [9.17, 15) is 4.79 Å². The van der Waals surface area contributed by atoms with Gasteiger partial charge in [-0.05, 0) is 5.56 Å². The van der Waals surface area contributed by atoms with Crippen LogP contribution in [0, 0.1) is 0 Å². The minimum Gasteiger partial charge on any atom is -0.467 e. The van der Waals surface area contributed by atoms with Crippen LogP contribution >= 0.6 is 0 Å². The number of hydrogen-bond acceptors (Lipinski definition) is 5. The predicted molar refractivity (Wildman–Crippen MR) is 62.7 cm³/mol. The van der Waals surface area contributed by atoms with E-state index in [0.717, 1.165) is 5.56 Å². The molecule has 1 unspecified atom stereocenters. The third kappa shape index (κ3) is 3.53. The molecule has 0 amide bonds. The Kier molecular flexibility index (Phi) is 4.69. The monoisotopic (exact) mass is 252 g/mol. The number of methoxy groups -OCH3 is 1. The zero-order chi connectivity index (χ0) is 12.8. The van der Waals surface area contributed by atoms with Crippen LogP contribution in [0.5, 0.6) is 0 Å². The molecule has 18 heavy (non-hydrogen) atoms. The molecule has 1 aromatic carbocycles. The van der Waals surface area contributed by atoms with Gasteiger partial charge in [0.1, 0.15) is 0 Å². The fourth-order valence-corrected chi connectivity index (χ4v) is 1.65. The highest BCUT2D eigenvalue weighted by atomic mass is 16.7. The van der Waals surface area contributed by atoms with E-state index in [1.165, 1.54) is 7.11 Å². The number of carbonyl (C=O) groups is 1. The molecule has 1 heterocycles. The van der Waals surface area contributed by atoms with Crippen molar-refractivity contribution in [2.75, 3.05) is 20.3 Å². The lowest BCUT2D eigenvalue weighted by atomic mass is 10.2. The van der Waals surface area contributed by atoms with Crippen LogP contribution in [0.4, 0.5) is 0 Å². The van der Waals surface area contributed by atoms with Crippen LogP contribution in [0.15, 0.2) is 30.3 Å². The third-order valence-electron chi connectivity index (χ3n) is 2.58. The average Bonchev–Trinajstić information content (AvgIpc) is 2.88. The highest BCUT2D eigenvalue weighted by Crippen LogP contribution is 2.13. The van der Waals surface area contributed by atoms with Crippen LogP contribution in [0.2, 0.25) is 0 Å². The molecule has 5 nitrogen and oxygen atoms in total. The molecule has 2 rings (SSSR count). The molecule has 1 aliphatic heterocycles. The van der Waals surface area contributed by atoms with E-state index in [1.54, 1.807) is 0 Å². The van der Waals surface area contributed by atoms with Gasteiger partial charge in [-0.3, -0.25) is 0 Å². The van der Waals surface area contributed by atoms with Gasteiger partial charge in [0.25, 0.3) is 0 Å². The largest absolute Gasteiger partial charge is 0.467 e. The minimum absolute atomic E-state index is 0.214. The topological polar surface area (TPSA) is 54.0 Å². The van der Waals surface area contributed by atoms with Gasteiger partial charge in [-0.2, -0.15) is 0 Å². The van der Waals surface area contributed by atoms with E-state index < -0.39 is 18.4 Å². The molecule has 0 spiro atoms. The van der Waals surface area contributed by atoms with Gasteiger partial charge in [0, 0.05) is 0 Å². The van der Waals surface area contributed by atoms with Crippen molar-refractivity contribution in [3.8, 4) is 0 Å². The summed E-state index contributed by atoms with van der Waals surface area (Å²) in [6.07, 6.45) is -1.14. The van der Waals surface area contributed by atoms with Crippen LogP contribution in [-0.2, 0) is 30.3 Å². The fourth-order valence-electron chi connectivity index (χ4n) is 1.65. The molecule has 0 N–H and O–H groups in total. The van der Waals surface area contributed by atoms with Crippen LogP contribution in [0.1, 0.15) is 5.56 Å². The van der Waals surface area contributed by atoms with Gasteiger partial charge in [0.15, 0.2) is 12.4 Å². The summed E-state index contributed by atoms with van der Waals surface area (Å²) in [7, 11) is 1.32. The average molecular weight is 252 g/mol. The third-order valence-corrected chi connectivity index (χ3v) is 2.58. The van der Waals surface area contributed by atoms with Crippen molar-refractivity contribution in [1.29, 1.82) is 0 Å². The highest BCUT2D eigenvalue weighted by Gasteiger charge is 2.32. The summed E-state index contributed by atoms with van der Waals surface area (Å²) in [4.78, 5) is 11.2. The van der Waals surface area contributed by atoms with Crippen molar-refractivity contribution in [2.45, 2.75) is 19.0 Å². The van der Waals surface area contributed by atoms with Crippen molar-refractivity contribution in [2.24, 2.45) is 0 Å². The SMILES string of the molecule is COC(=O)[C@@H]1COC(COCc2ccccc2)O1. The van der Waals surface area contributed by atoms with Gasteiger partial charge in [0.2, 0.25) is 0 Å². The first-order valence-electron chi connectivity index (χ1n) is 5.76. The highest BCUT2D eigenvalue weighted by molar-refractivity contribution is 5.74. The van der Waals surface area contributed by atoms with E-state index in [1.807, 2.05) is 30.3 Å². The number of benzene rings is 1. The lowest BCUT2D eigenvalue weighted by molar-refractivity contribution is -0.157. The zero-order valence-electron chi connectivity index (χ0n) is 10.2. The number of ether oxygens (including phenoxy) is 4. The van der Waals surface area contributed by atoms with Crippen molar-refractivity contribution in [1.82, 2.24) is 0 Å². The minimum atomic E-state index is -0.639. The first-order valence-corrected chi connectivity index (χ1v) is 5.76. The molecule has 98 valence electrons. The maximum atomic E-state index is 11.2. The van der Waals surface area contributed by atoms with E-state index in [0.29, 0.717) is 13.2 Å². The molecule has 1 fully saturated rings. The quantitative estimate of drug-likeness (QED) is 0.735. The van der Waals surface area contributed by atoms with Gasteiger partial charge in [-0.15, -0.1) is 0 Å². The maximum absolute atomic E-state index is 11.2. The molecule has 0 saturated carbocycles. The lowest BCUT2D eigenvalue weighted by Gasteiger charge is -2.11.